The summed E-state index contributed by atoms with van der Waals surface area (Å²) in [6, 6.07) is 4.21. The Morgan fingerprint density at radius 2 is 2.00 bits per heavy atom. The Hall–Kier alpha value is -1.85. The average Bonchev–Trinajstić information content (AvgIpc) is 3.38. The van der Waals surface area contributed by atoms with Gasteiger partial charge in [-0.25, -0.2) is 4.79 Å². The summed E-state index contributed by atoms with van der Waals surface area (Å²) in [6.07, 6.45) is 3.47. The average molecular weight is 289 g/mol. The van der Waals surface area contributed by atoms with Gasteiger partial charge in [-0.3, -0.25) is 0 Å². The number of nitrogens with zero attached hydrogens (tertiary/aromatic N) is 4. The number of piperazine rings is 1. The summed E-state index contributed by atoms with van der Waals surface area (Å²) < 4.78 is 0. The molecule has 1 N–H and O–H groups in total. The second-order valence-electron chi connectivity index (χ2n) is 5.80. The van der Waals surface area contributed by atoms with Gasteiger partial charge in [0.1, 0.15) is 0 Å². The lowest BCUT2D eigenvalue weighted by molar-refractivity contribution is 0.194. The molecule has 1 aromatic rings. The van der Waals surface area contributed by atoms with E-state index in [9.17, 15) is 4.79 Å². The number of hydrogen-bond donors (Lipinski definition) is 1. The highest BCUT2D eigenvalue weighted by atomic mass is 16.2. The van der Waals surface area contributed by atoms with Crippen LogP contribution in [0.3, 0.4) is 0 Å². The van der Waals surface area contributed by atoms with Gasteiger partial charge >= 0.3 is 6.03 Å². The predicted octanol–water partition coefficient (Wildman–Crippen LogP) is 1.60. The first-order valence-electron chi connectivity index (χ1n) is 7.89. The van der Waals surface area contributed by atoms with Crippen LogP contribution in [0.25, 0.3) is 0 Å². The molecule has 2 fully saturated rings. The Balaban J connectivity index is 1.51. The van der Waals surface area contributed by atoms with Crippen LogP contribution in [0.1, 0.15) is 37.8 Å². The molecule has 0 unspecified atom stereocenters. The van der Waals surface area contributed by atoms with Crippen molar-refractivity contribution in [3.63, 3.8) is 0 Å². The summed E-state index contributed by atoms with van der Waals surface area (Å²) in [7, 11) is 0. The molecule has 1 saturated heterocycles. The standard InChI is InChI=1S/C15H23N5O/c1-2-7-16-15(21)20-10-8-19(9-11-20)14-6-5-13(17-18-14)12-3-4-12/h5-6,12H,2-4,7-11H2,1H3,(H,16,21). The molecule has 3 rings (SSSR count). The number of amides is 2. The van der Waals surface area contributed by atoms with E-state index in [0.717, 1.165) is 50.7 Å². The molecule has 0 radical (unpaired) electrons. The van der Waals surface area contributed by atoms with Crippen LogP contribution in [0, 0.1) is 0 Å². The number of carbonyl (C=O) groups excluding carboxylic acids is 1. The third kappa shape index (κ3) is 3.43. The van der Waals surface area contributed by atoms with Gasteiger partial charge in [0, 0.05) is 38.6 Å². The van der Waals surface area contributed by atoms with E-state index < -0.39 is 0 Å². The van der Waals surface area contributed by atoms with Gasteiger partial charge in [-0.1, -0.05) is 6.92 Å². The maximum atomic E-state index is 11.9. The smallest absolute Gasteiger partial charge is 0.317 e. The summed E-state index contributed by atoms with van der Waals surface area (Å²) in [5.41, 5.74) is 1.12. The van der Waals surface area contributed by atoms with Gasteiger partial charge < -0.3 is 15.1 Å². The Morgan fingerprint density at radius 1 is 1.24 bits per heavy atom. The normalized spacial score (nSPS) is 18.7. The molecule has 1 aromatic heterocycles. The van der Waals surface area contributed by atoms with Crippen LogP contribution in [0.2, 0.25) is 0 Å². The van der Waals surface area contributed by atoms with Crippen LogP contribution >= 0.6 is 0 Å². The Labute approximate surface area is 125 Å². The number of nitrogens with one attached hydrogen (secondary N) is 1. The second-order valence-corrected chi connectivity index (χ2v) is 5.80. The van der Waals surface area contributed by atoms with Crippen molar-refractivity contribution in [3.8, 4) is 0 Å². The lowest BCUT2D eigenvalue weighted by Crippen LogP contribution is -2.52. The van der Waals surface area contributed by atoms with Gasteiger partial charge in [-0.05, 0) is 31.4 Å². The molecule has 0 atom stereocenters. The highest BCUT2D eigenvalue weighted by Gasteiger charge is 2.26. The maximum Gasteiger partial charge on any atom is 0.317 e. The Bertz CT molecular complexity index is 477. The van der Waals surface area contributed by atoms with Gasteiger partial charge in [0.2, 0.25) is 0 Å². The largest absolute Gasteiger partial charge is 0.352 e. The van der Waals surface area contributed by atoms with Crippen molar-refractivity contribution < 1.29 is 4.79 Å². The van der Waals surface area contributed by atoms with E-state index in [1.54, 1.807) is 0 Å². The third-order valence-corrected chi connectivity index (χ3v) is 4.08. The van der Waals surface area contributed by atoms with Crippen molar-refractivity contribution >= 4 is 11.8 Å². The number of carbonyl (C=O) groups is 1. The van der Waals surface area contributed by atoms with Gasteiger partial charge in [-0.15, -0.1) is 5.10 Å². The van der Waals surface area contributed by atoms with Crippen molar-refractivity contribution in [2.45, 2.75) is 32.1 Å². The first kappa shape index (κ1) is 14.1. The van der Waals surface area contributed by atoms with E-state index in [1.165, 1.54) is 12.8 Å². The molecule has 21 heavy (non-hydrogen) atoms. The van der Waals surface area contributed by atoms with Crippen LogP contribution < -0.4 is 10.2 Å². The molecule has 114 valence electrons. The number of anilines is 1. The summed E-state index contributed by atoms with van der Waals surface area (Å²) in [6.45, 7) is 5.91. The molecule has 2 amide bonds. The lowest BCUT2D eigenvalue weighted by atomic mass is 10.2. The topological polar surface area (TPSA) is 61.4 Å². The highest BCUT2D eigenvalue weighted by Crippen LogP contribution is 2.38. The Morgan fingerprint density at radius 3 is 2.57 bits per heavy atom. The minimum atomic E-state index is 0.0478. The summed E-state index contributed by atoms with van der Waals surface area (Å²) in [5, 5.41) is 11.6. The van der Waals surface area contributed by atoms with E-state index >= 15 is 0 Å². The summed E-state index contributed by atoms with van der Waals surface area (Å²) in [5.74, 6) is 1.57. The molecule has 6 nitrogen and oxygen atoms in total. The molecular formula is C15H23N5O. The van der Waals surface area contributed by atoms with Crippen molar-refractivity contribution in [2.24, 2.45) is 0 Å². The first-order valence-corrected chi connectivity index (χ1v) is 7.89. The molecule has 2 heterocycles. The van der Waals surface area contributed by atoms with E-state index in [-0.39, 0.29) is 6.03 Å². The molecular weight excluding hydrogens is 266 g/mol. The highest BCUT2D eigenvalue weighted by molar-refractivity contribution is 5.74. The number of aromatic nitrogens is 2. The van der Waals surface area contributed by atoms with Crippen molar-refractivity contribution in [1.29, 1.82) is 0 Å². The van der Waals surface area contributed by atoms with Crippen LogP contribution in [0.15, 0.2) is 12.1 Å². The zero-order valence-corrected chi connectivity index (χ0v) is 12.6. The fourth-order valence-corrected chi connectivity index (χ4v) is 2.58. The third-order valence-electron chi connectivity index (χ3n) is 4.08. The molecule has 1 saturated carbocycles. The summed E-state index contributed by atoms with van der Waals surface area (Å²) >= 11 is 0. The van der Waals surface area contributed by atoms with Crippen LogP contribution in [-0.2, 0) is 0 Å². The van der Waals surface area contributed by atoms with Crippen LogP contribution in [-0.4, -0.2) is 53.9 Å². The van der Waals surface area contributed by atoms with Crippen molar-refractivity contribution in [3.05, 3.63) is 17.8 Å². The zero-order chi connectivity index (χ0) is 14.7. The molecule has 0 bridgehead atoms. The van der Waals surface area contributed by atoms with E-state index in [0.29, 0.717) is 5.92 Å². The number of urea groups is 1. The summed E-state index contributed by atoms with van der Waals surface area (Å²) in [4.78, 5) is 16.0. The fourth-order valence-electron chi connectivity index (χ4n) is 2.58. The van der Waals surface area contributed by atoms with Gasteiger partial charge in [0.25, 0.3) is 0 Å². The Kier molecular flexibility index (Phi) is 4.22. The van der Waals surface area contributed by atoms with E-state index in [1.807, 2.05) is 4.90 Å². The van der Waals surface area contributed by atoms with Crippen molar-refractivity contribution in [2.75, 3.05) is 37.6 Å². The fraction of sp³-hybridized carbons (Fsp3) is 0.667. The van der Waals surface area contributed by atoms with Crippen LogP contribution in [0.5, 0.6) is 0 Å². The monoisotopic (exact) mass is 289 g/mol. The SMILES string of the molecule is CCCNC(=O)N1CCN(c2ccc(C3CC3)nn2)CC1. The minimum Gasteiger partial charge on any atom is -0.352 e. The molecule has 1 aliphatic heterocycles. The van der Waals surface area contributed by atoms with E-state index in [4.69, 9.17) is 0 Å². The molecule has 1 aliphatic carbocycles. The quantitative estimate of drug-likeness (QED) is 0.914. The van der Waals surface area contributed by atoms with E-state index in [2.05, 4.69) is 39.5 Å². The first-order chi connectivity index (χ1) is 10.3. The second kappa shape index (κ2) is 6.28. The molecule has 0 aromatic carbocycles. The van der Waals surface area contributed by atoms with Crippen molar-refractivity contribution in [1.82, 2.24) is 20.4 Å². The van der Waals surface area contributed by atoms with Gasteiger partial charge in [-0.2, -0.15) is 5.10 Å². The molecule has 6 heteroatoms. The minimum absolute atomic E-state index is 0.0478. The molecule has 2 aliphatic rings. The zero-order valence-electron chi connectivity index (χ0n) is 12.6. The van der Waals surface area contributed by atoms with Gasteiger partial charge in [0.05, 0.1) is 5.69 Å². The predicted molar refractivity (Wildman–Crippen MR) is 81.5 cm³/mol. The van der Waals surface area contributed by atoms with Gasteiger partial charge in [0.15, 0.2) is 5.82 Å². The number of hydrogen-bond acceptors (Lipinski definition) is 4. The maximum absolute atomic E-state index is 11.9. The van der Waals surface area contributed by atoms with Crippen LogP contribution in [0.4, 0.5) is 10.6 Å². The number of rotatable bonds is 4. The molecule has 0 spiro atoms. The lowest BCUT2D eigenvalue weighted by Gasteiger charge is -2.35.